The van der Waals surface area contributed by atoms with Gasteiger partial charge in [-0.1, -0.05) is 20.8 Å². The van der Waals surface area contributed by atoms with E-state index >= 15 is 0 Å². The van der Waals surface area contributed by atoms with E-state index in [1.807, 2.05) is 0 Å². The Morgan fingerprint density at radius 2 is 1.87 bits per heavy atom. The van der Waals surface area contributed by atoms with Gasteiger partial charge in [-0.3, -0.25) is 0 Å². The molecule has 0 heterocycles. The Kier molecular flexibility index (Phi) is 5.65. The van der Waals surface area contributed by atoms with Crippen LogP contribution in [0.25, 0.3) is 0 Å². The van der Waals surface area contributed by atoms with Crippen LogP contribution in [0.2, 0.25) is 0 Å². The van der Waals surface area contributed by atoms with Crippen LogP contribution in [0, 0.1) is 11.3 Å². The third kappa shape index (κ3) is 5.62. The van der Waals surface area contributed by atoms with Crippen LogP contribution in [0.4, 0.5) is 4.79 Å². The summed E-state index contributed by atoms with van der Waals surface area (Å²) in [5.74, 6) is 0.351. The summed E-state index contributed by atoms with van der Waals surface area (Å²) in [6.07, 6.45) is 0.635. The molecule has 0 aromatic rings. The van der Waals surface area contributed by atoms with Crippen LogP contribution in [0.15, 0.2) is 0 Å². The Balaban J connectivity index is 4.13. The lowest BCUT2D eigenvalue weighted by Crippen LogP contribution is -2.30. The first-order valence-electron chi connectivity index (χ1n) is 5.34. The van der Waals surface area contributed by atoms with Crippen molar-refractivity contribution in [1.29, 1.82) is 0 Å². The topological polar surface area (TPSA) is 60.8 Å². The van der Waals surface area contributed by atoms with Gasteiger partial charge >= 0.3 is 6.09 Å². The normalized spacial score (nSPS) is 13.7. The van der Waals surface area contributed by atoms with Crippen LogP contribution in [-0.4, -0.2) is 41.4 Å². The molecule has 0 aliphatic heterocycles. The van der Waals surface area contributed by atoms with E-state index in [0.29, 0.717) is 12.5 Å². The van der Waals surface area contributed by atoms with Gasteiger partial charge in [-0.25, -0.2) is 4.79 Å². The number of hydrogen-bond donors (Lipinski definition) is 2. The fourth-order valence-corrected chi connectivity index (χ4v) is 1.61. The number of hydrogen-bond acceptors (Lipinski definition) is 2. The minimum absolute atomic E-state index is 0.113. The van der Waals surface area contributed by atoms with E-state index in [2.05, 4.69) is 20.8 Å². The number of carboxylic acid groups (broad SMARTS) is 1. The highest BCUT2D eigenvalue weighted by Crippen LogP contribution is 2.31. The quantitative estimate of drug-likeness (QED) is 0.740. The van der Waals surface area contributed by atoms with E-state index in [4.69, 9.17) is 10.2 Å². The molecule has 1 amide bonds. The number of nitrogens with zero attached hydrogens (tertiary/aromatic N) is 1. The Morgan fingerprint density at radius 1 is 1.33 bits per heavy atom. The predicted octanol–water partition coefficient (Wildman–Crippen LogP) is 2.03. The van der Waals surface area contributed by atoms with Crippen LogP contribution in [-0.2, 0) is 0 Å². The lowest BCUT2D eigenvalue weighted by molar-refractivity contribution is 0.132. The van der Waals surface area contributed by atoms with Crippen molar-refractivity contribution >= 4 is 6.09 Å². The van der Waals surface area contributed by atoms with E-state index in [0.717, 1.165) is 12.8 Å². The zero-order valence-corrected chi connectivity index (χ0v) is 10.2. The molecule has 0 radical (unpaired) electrons. The van der Waals surface area contributed by atoms with Gasteiger partial charge in [0.2, 0.25) is 0 Å². The largest absolute Gasteiger partial charge is 0.465 e. The van der Waals surface area contributed by atoms with E-state index < -0.39 is 6.09 Å². The maximum atomic E-state index is 10.6. The Morgan fingerprint density at radius 3 is 2.20 bits per heavy atom. The zero-order chi connectivity index (χ0) is 12.1. The van der Waals surface area contributed by atoms with Crippen molar-refractivity contribution < 1.29 is 15.0 Å². The van der Waals surface area contributed by atoms with Gasteiger partial charge in [-0.05, 0) is 24.2 Å². The van der Waals surface area contributed by atoms with Gasteiger partial charge < -0.3 is 15.1 Å². The SMILES string of the molecule is CN(CCC(CCO)C(C)(C)C)C(=O)O. The minimum atomic E-state index is -0.897. The highest BCUT2D eigenvalue weighted by Gasteiger charge is 2.24. The molecular weight excluding hydrogens is 194 g/mol. The zero-order valence-electron chi connectivity index (χ0n) is 10.2. The number of aliphatic hydroxyl groups is 1. The Bertz CT molecular complexity index is 198. The van der Waals surface area contributed by atoms with Gasteiger partial charge in [0.25, 0.3) is 0 Å². The molecule has 0 aliphatic carbocycles. The molecule has 4 nitrogen and oxygen atoms in total. The minimum Gasteiger partial charge on any atom is -0.465 e. The molecule has 0 spiro atoms. The predicted molar refractivity (Wildman–Crippen MR) is 59.9 cm³/mol. The van der Waals surface area contributed by atoms with Crippen molar-refractivity contribution in [2.24, 2.45) is 11.3 Å². The van der Waals surface area contributed by atoms with Crippen molar-refractivity contribution in [3.8, 4) is 0 Å². The molecule has 0 aromatic heterocycles. The average Bonchev–Trinajstić information content (AvgIpc) is 2.09. The summed E-state index contributed by atoms with van der Waals surface area (Å²) >= 11 is 0. The smallest absolute Gasteiger partial charge is 0.407 e. The van der Waals surface area contributed by atoms with Gasteiger partial charge in [-0.2, -0.15) is 0 Å². The summed E-state index contributed by atoms with van der Waals surface area (Å²) in [5.41, 5.74) is 0.113. The molecule has 15 heavy (non-hydrogen) atoms. The van der Waals surface area contributed by atoms with E-state index in [-0.39, 0.29) is 12.0 Å². The molecule has 0 rings (SSSR count). The number of rotatable bonds is 5. The number of carbonyl (C=O) groups is 1. The molecule has 0 fully saturated rings. The molecule has 4 heteroatoms. The first kappa shape index (κ1) is 14.2. The molecule has 1 atom stereocenters. The molecule has 90 valence electrons. The molecular formula is C11H23NO3. The van der Waals surface area contributed by atoms with Crippen molar-refractivity contribution in [2.75, 3.05) is 20.2 Å². The van der Waals surface area contributed by atoms with Crippen molar-refractivity contribution in [2.45, 2.75) is 33.6 Å². The maximum absolute atomic E-state index is 10.6. The maximum Gasteiger partial charge on any atom is 0.407 e. The van der Waals surface area contributed by atoms with Crippen LogP contribution in [0.5, 0.6) is 0 Å². The molecule has 0 bridgehead atoms. The third-order valence-corrected chi connectivity index (χ3v) is 2.84. The first-order valence-corrected chi connectivity index (χ1v) is 5.34. The Hall–Kier alpha value is -0.770. The monoisotopic (exact) mass is 217 g/mol. The fraction of sp³-hybridized carbons (Fsp3) is 0.909. The van der Waals surface area contributed by atoms with Crippen molar-refractivity contribution in [3.63, 3.8) is 0 Å². The summed E-state index contributed by atoms with van der Waals surface area (Å²) < 4.78 is 0. The fourth-order valence-electron chi connectivity index (χ4n) is 1.61. The summed E-state index contributed by atoms with van der Waals surface area (Å²) in [7, 11) is 1.57. The van der Waals surface area contributed by atoms with E-state index in [1.165, 1.54) is 4.90 Å². The Labute approximate surface area is 91.9 Å². The first-order chi connectivity index (χ1) is 6.79. The highest BCUT2D eigenvalue weighted by atomic mass is 16.4. The highest BCUT2D eigenvalue weighted by molar-refractivity contribution is 5.64. The van der Waals surface area contributed by atoms with Crippen molar-refractivity contribution in [3.05, 3.63) is 0 Å². The summed E-state index contributed by atoms with van der Waals surface area (Å²) in [4.78, 5) is 11.9. The molecule has 0 saturated heterocycles. The van der Waals surface area contributed by atoms with Gasteiger partial charge in [0.1, 0.15) is 0 Å². The van der Waals surface area contributed by atoms with Gasteiger partial charge in [0, 0.05) is 20.2 Å². The van der Waals surface area contributed by atoms with Gasteiger partial charge in [0.05, 0.1) is 0 Å². The van der Waals surface area contributed by atoms with Crippen molar-refractivity contribution in [1.82, 2.24) is 4.90 Å². The average molecular weight is 217 g/mol. The summed E-state index contributed by atoms with van der Waals surface area (Å²) in [6, 6.07) is 0. The van der Waals surface area contributed by atoms with Crippen LogP contribution >= 0.6 is 0 Å². The van der Waals surface area contributed by atoms with E-state index in [9.17, 15) is 4.79 Å². The van der Waals surface area contributed by atoms with Crippen LogP contribution in [0.3, 0.4) is 0 Å². The molecule has 0 saturated carbocycles. The molecule has 0 aromatic carbocycles. The second-order valence-corrected chi connectivity index (χ2v) is 5.07. The standard InChI is InChI=1S/C11H23NO3/c1-11(2,3)9(6-8-13)5-7-12(4)10(14)15/h9,13H,5-8H2,1-4H3,(H,14,15). The van der Waals surface area contributed by atoms with E-state index in [1.54, 1.807) is 7.05 Å². The second kappa shape index (κ2) is 5.95. The van der Waals surface area contributed by atoms with Gasteiger partial charge in [0.15, 0.2) is 0 Å². The van der Waals surface area contributed by atoms with Gasteiger partial charge in [-0.15, -0.1) is 0 Å². The summed E-state index contributed by atoms with van der Waals surface area (Å²) in [5, 5.41) is 17.6. The molecule has 1 unspecified atom stereocenters. The lowest BCUT2D eigenvalue weighted by Gasteiger charge is -2.31. The lowest BCUT2D eigenvalue weighted by atomic mass is 9.77. The molecule has 0 aliphatic rings. The third-order valence-electron chi connectivity index (χ3n) is 2.84. The number of aliphatic hydroxyl groups excluding tert-OH is 1. The second-order valence-electron chi connectivity index (χ2n) is 5.07. The molecule has 2 N–H and O–H groups in total. The summed E-state index contributed by atoms with van der Waals surface area (Å²) in [6.45, 7) is 7.05. The van der Waals surface area contributed by atoms with Crippen LogP contribution < -0.4 is 0 Å². The van der Waals surface area contributed by atoms with Crippen LogP contribution in [0.1, 0.15) is 33.6 Å². The number of amides is 1.